The van der Waals surface area contributed by atoms with Crippen molar-refractivity contribution in [3.8, 4) is 0 Å². The van der Waals surface area contributed by atoms with Gasteiger partial charge in [-0.15, -0.1) is 0 Å². The summed E-state index contributed by atoms with van der Waals surface area (Å²) in [7, 11) is -4.26. The lowest BCUT2D eigenvalue weighted by molar-refractivity contribution is -0.384. The Kier molecular flexibility index (Phi) is 8.12. The van der Waals surface area contributed by atoms with Gasteiger partial charge < -0.3 is 15.8 Å². The number of benzene rings is 3. The molecule has 1 amide bonds. The van der Waals surface area contributed by atoms with Gasteiger partial charge in [0, 0.05) is 11.8 Å². The fraction of sp³-hybridized carbons (Fsp3) is 0.130. The number of hydrogen-bond acceptors (Lipinski definition) is 8. The smallest absolute Gasteiger partial charge is 0.321 e. The molecule has 0 heterocycles. The average molecular weight is 499 g/mol. The van der Waals surface area contributed by atoms with Crippen molar-refractivity contribution in [1.29, 1.82) is 0 Å². The number of nitro benzene ring substituents is 1. The van der Waals surface area contributed by atoms with Gasteiger partial charge in [0.25, 0.3) is 11.6 Å². The zero-order valence-corrected chi connectivity index (χ0v) is 19.2. The van der Waals surface area contributed by atoms with Gasteiger partial charge >= 0.3 is 5.97 Å². The van der Waals surface area contributed by atoms with Crippen molar-refractivity contribution in [2.75, 3.05) is 24.2 Å². The van der Waals surface area contributed by atoms with Crippen molar-refractivity contribution in [3.63, 3.8) is 0 Å². The van der Waals surface area contributed by atoms with E-state index in [1.165, 1.54) is 0 Å². The quantitative estimate of drug-likeness (QED) is 0.165. The molecule has 3 rings (SSSR count). The molecular formula is C23H22N4O7S. The van der Waals surface area contributed by atoms with Gasteiger partial charge in [0.1, 0.15) is 12.2 Å². The fourth-order valence-electron chi connectivity index (χ4n) is 3.08. The number of ether oxygens (including phenoxy) is 1. The first-order valence-electron chi connectivity index (χ1n) is 10.3. The van der Waals surface area contributed by atoms with Crippen molar-refractivity contribution in [2.24, 2.45) is 0 Å². The molecule has 11 nitrogen and oxygen atoms in total. The number of nitrogen functional groups attached to an aromatic ring is 1. The number of carbonyl (C=O) groups is 2. The molecule has 0 spiro atoms. The summed E-state index contributed by atoms with van der Waals surface area (Å²) in [4.78, 5) is 33.9. The molecule has 4 N–H and O–H groups in total. The van der Waals surface area contributed by atoms with Crippen LogP contribution in [-0.4, -0.2) is 38.4 Å². The van der Waals surface area contributed by atoms with Crippen LogP contribution in [0.1, 0.15) is 11.1 Å². The lowest BCUT2D eigenvalue weighted by Gasteiger charge is -2.12. The van der Waals surface area contributed by atoms with E-state index in [4.69, 9.17) is 10.5 Å². The number of nitrogens with one attached hydrogen (secondary N) is 2. The summed E-state index contributed by atoms with van der Waals surface area (Å²) in [6.07, 6.45) is 0.585. The molecule has 35 heavy (non-hydrogen) atoms. The van der Waals surface area contributed by atoms with Crippen LogP contribution >= 0.6 is 0 Å². The standard InChI is InChI=1S/C23H22N4O7S/c24-19-11-10-18(13-21(19)27(30)31)35(32,33)25-14-23(29)34-15-22(28)26-20-9-5-4-8-17(20)12-16-6-2-1-3-7-16/h1-11,13,25H,12,14-15,24H2,(H,26,28). The molecule has 0 aliphatic rings. The number of anilines is 2. The number of carbonyl (C=O) groups excluding carboxylic acids is 2. The molecule has 0 saturated carbocycles. The van der Waals surface area contributed by atoms with Gasteiger partial charge in [-0.05, 0) is 35.7 Å². The lowest BCUT2D eigenvalue weighted by atomic mass is 10.0. The van der Waals surface area contributed by atoms with Crippen LogP contribution < -0.4 is 15.8 Å². The van der Waals surface area contributed by atoms with E-state index in [2.05, 4.69) is 5.32 Å². The van der Waals surface area contributed by atoms with Gasteiger partial charge in [0.05, 0.1) is 9.82 Å². The molecule has 0 fully saturated rings. The molecular weight excluding hydrogens is 476 g/mol. The third-order valence-electron chi connectivity index (χ3n) is 4.81. The maximum atomic E-state index is 12.3. The van der Waals surface area contributed by atoms with Crippen LogP contribution in [0.5, 0.6) is 0 Å². The number of para-hydroxylation sites is 1. The van der Waals surface area contributed by atoms with Crippen molar-refractivity contribution < 1.29 is 27.7 Å². The number of hydrogen-bond donors (Lipinski definition) is 3. The second-order valence-electron chi connectivity index (χ2n) is 7.33. The minimum Gasteiger partial charge on any atom is -0.455 e. The molecule has 0 aromatic heterocycles. The largest absolute Gasteiger partial charge is 0.455 e. The van der Waals surface area contributed by atoms with Gasteiger partial charge in [-0.1, -0.05) is 48.5 Å². The third-order valence-corrected chi connectivity index (χ3v) is 6.21. The molecule has 3 aromatic rings. The Hall–Kier alpha value is -4.29. The summed E-state index contributed by atoms with van der Waals surface area (Å²) in [5, 5.41) is 13.6. The Morgan fingerprint density at radius 1 is 1.00 bits per heavy atom. The normalized spacial score (nSPS) is 11.0. The SMILES string of the molecule is Nc1ccc(S(=O)(=O)NCC(=O)OCC(=O)Nc2ccccc2Cc2ccccc2)cc1[N+](=O)[O-]. The molecule has 3 aromatic carbocycles. The summed E-state index contributed by atoms with van der Waals surface area (Å²) >= 11 is 0. The van der Waals surface area contributed by atoms with Gasteiger partial charge in [0.15, 0.2) is 6.61 Å². The van der Waals surface area contributed by atoms with E-state index in [1.54, 1.807) is 12.1 Å². The number of sulfonamides is 1. The zero-order chi connectivity index (χ0) is 25.4. The number of nitrogens with two attached hydrogens (primary N) is 1. The summed E-state index contributed by atoms with van der Waals surface area (Å²) in [6, 6.07) is 19.8. The van der Waals surface area contributed by atoms with Crippen LogP contribution in [0.3, 0.4) is 0 Å². The summed E-state index contributed by atoms with van der Waals surface area (Å²) in [6.45, 7) is -1.41. The van der Waals surface area contributed by atoms with E-state index in [1.807, 2.05) is 47.2 Å². The second-order valence-corrected chi connectivity index (χ2v) is 9.10. The van der Waals surface area contributed by atoms with Crippen LogP contribution in [0.4, 0.5) is 17.1 Å². The highest BCUT2D eigenvalue weighted by Gasteiger charge is 2.21. The minimum atomic E-state index is -4.26. The Morgan fingerprint density at radius 2 is 1.69 bits per heavy atom. The number of nitro groups is 1. The molecule has 0 saturated heterocycles. The van der Waals surface area contributed by atoms with Gasteiger partial charge in [-0.3, -0.25) is 19.7 Å². The van der Waals surface area contributed by atoms with E-state index in [-0.39, 0.29) is 5.69 Å². The third kappa shape index (κ3) is 7.09. The second kappa shape index (κ2) is 11.2. The molecule has 0 aliphatic carbocycles. The summed E-state index contributed by atoms with van der Waals surface area (Å²) in [5.74, 6) is -1.61. The predicted octanol–water partition coefficient (Wildman–Crippen LogP) is 2.23. The van der Waals surface area contributed by atoms with E-state index in [9.17, 15) is 28.1 Å². The Balaban J connectivity index is 1.53. The highest BCUT2D eigenvalue weighted by Crippen LogP contribution is 2.24. The Bertz CT molecular complexity index is 1340. The maximum absolute atomic E-state index is 12.3. The van der Waals surface area contributed by atoms with Crippen LogP contribution in [0.15, 0.2) is 77.7 Å². The zero-order valence-electron chi connectivity index (χ0n) is 18.3. The molecule has 182 valence electrons. The first-order chi connectivity index (χ1) is 16.7. The number of rotatable bonds is 10. The highest BCUT2D eigenvalue weighted by molar-refractivity contribution is 7.89. The Morgan fingerprint density at radius 3 is 2.40 bits per heavy atom. The minimum absolute atomic E-state index is 0.204. The van der Waals surface area contributed by atoms with Crippen LogP contribution in [0.2, 0.25) is 0 Å². The van der Waals surface area contributed by atoms with Crippen LogP contribution in [0.25, 0.3) is 0 Å². The predicted molar refractivity (Wildman–Crippen MR) is 128 cm³/mol. The lowest BCUT2D eigenvalue weighted by Crippen LogP contribution is -2.32. The number of nitrogens with zero attached hydrogens (tertiary/aromatic N) is 1. The fourth-order valence-corrected chi connectivity index (χ4v) is 4.07. The monoisotopic (exact) mass is 498 g/mol. The molecule has 12 heteroatoms. The first-order valence-corrected chi connectivity index (χ1v) is 11.7. The number of amides is 1. The molecule has 0 unspecified atom stereocenters. The summed E-state index contributed by atoms with van der Waals surface area (Å²) in [5.41, 5.74) is 7.15. The van der Waals surface area contributed by atoms with Crippen LogP contribution in [-0.2, 0) is 30.8 Å². The van der Waals surface area contributed by atoms with Gasteiger partial charge in [0.2, 0.25) is 10.0 Å². The van der Waals surface area contributed by atoms with Gasteiger partial charge in [-0.25, -0.2) is 8.42 Å². The maximum Gasteiger partial charge on any atom is 0.321 e. The molecule has 0 bridgehead atoms. The van der Waals surface area contributed by atoms with E-state index in [0.717, 1.165) is 29.3 Å². The molecule has 0 radical (unpaired) electrons. The average Bonchev–Trinajstić information content (AvgIpc) is 2.83. The van der Waals surface area contributed by atoms with E-state index < -0.39 is 50.6 Å². The summed E-state index contributed by atoms with van der Waals surface area (Å²) < 4.78 is 31.5. The first kappa shape index (κ1) is 25.3. The number of esters is 1. The van der Waals surface area contributed by atoms with Crippen LogP contribution in [0, 0.1) is 10.1 Å². The van der Waals surface area contributed by atoms with Crippen molar-refractivity contribution in [3.05, 3.63) is 94.0 Å². The molecule has 0 aliphatic heterocycles. The molecule has 0 atom stereocenters. The Labute approximate surface area is 201 Å². The van der Waals surface area contributed by atoms with Crippen molar-refractivity contribution >= 4 is 39.0 Å². The topological polar surface area (TPSA) is 171 Å². The van der Waals surface area contributed by atoms with Crippen molar-refractivity contribution in [1.82, 2.24) is 4.72 Å². The van der Waals surface area contributed by atoms with Crippen molar-refractivity contribution in [2.45, 2.75) is 11.3 Å². The van der Waals surface area contributed by atoms with E-state index in [0.29, 0.717) is 12.1 Å². The van der Waals surface area contributed by atoms with Gasteiger partial charge in [-0.2, -0.15) is 4.72 Å². The van der Waals surface area contributed by atoms with E-state index >= 15 is 0 Å². The highest BCUT2D eigenvalue weighted by atomic mass is 32.2.